The van der Waals surface area contributed by atoms with Crippen molar-refractivity contribution in [3.05, 3.63) is 0 Å². The molecule has 0 aliphatic heterocycles. The van der Waals surface area contributed by atoms with Crippen molar-refractivity contribution in [2.45, 2.75) is 26.3 Å². The van der Waals surface area contributed by atoms with Crippen molar-refractivity contribution >= 4 is 17.5 Å². The van der Waals surface area contributed by atoms with Gasteiger partial charge in [-0.25, -0.2) is 0 Å². The summed E-state index contributed by atoms with van der Waals surface area (Å²) in [6.45, 7) is 4.81. The topological polar surface area (TPSA) is 17.1 Å². The first kappa shape index (κ1) is 11.8. The van der Waals surface area contributed by atoms with Gasteiger partial charge in [-0.05, 0) is 11.8 Å². The molecule has 0 aliphatic rings. The molecule has 0 fully saturated rings. The third-order valence-electron chi connectivity index (χ3n) is 1.20. The van der Waals surface area contributed by atoms with E-state index in [-0.39, 0.29) is 17.5 Å². The van der Waals surface area contributed by atoms with Gasteiger partial charge in [-0.2, -0.15) is 13.2 Å². The van der Waals surface area contributed by atoms with Crippen molar-refractivity contribution in [3.8, 4) is 0 Å². The molecule has 0 saturated carbocycles. The Hall–Kier alpha value is -0.190. The zero-order valence-electron chi connectivity index (χ0n) is 7.16. The van der Waals surface area contributed by atoms with Crippen molar-refractivity contribution in [2.75, 3.05) is 5.75 Å². The second-order valence-electron chi connectivity index (χ2n) is 3.41. The lowest BCUT2D eigenvalue weighted by Gasteiger charge is -2.16. The van der Waals surface area contributed by atoms with Gasteiger partial charge in [0.2, 0.25) is 0 Å². The molecule has 72 valence electrons. The molecule has 0 heterocycles. The molecule has 1 nitrogen and oxygen atoms in total. The molecule has 0 radical (unpaired) electrons. The van der Waals surface area contributed by atoms with Gasteiger partial charge in [0.25, 0.3) is 0 Å². The summed E-state index contributed by atoms with van der Waals surface area (Å²) in [6.07, 6.45) is 0. The van der Waals surface area contributed by atoms with Crippen molar-refractivity contribution < 1.29 is 18.0 Å². The van der Waals surface area contributed by atoms with E-state index in [1.165, 1.54) is 0 Å². The molecule has 0 rings (SSSR count). The van der Waals surface area contributed by atoms with Crippen LogP contribution in [-0.4, -0.2) is 17.0 Å². The number of ketones is 1. The first-order valence-electron chi connectivity index (χ1n) is 3.37. The van der Waals surface area contributed by atoms with Crippen LogP contribution < -0.4 is 0 Å². The van der Waals surface area contributed by atoms with Gasteiger partial charge in [-0.3, -0.25) is 4.79 Å². The van der Waals surface area contributed by atoms with E-state index in [1.54, 1.807) is 20.8 Å². The quantitative estimate of drug-likeness (QED) is 0.681. The summed E-state index contributed by atoms with van der Waals surface area (Å²) in [4.78, 5) is 11.0. The summed E-state index contributed by atoms with van der Waals surface area (Å²) in [5, 5.41) is 0. The molecule has 12 heavy (non-hydrogen) atoms. The van der Waals surface area contributed by atoms with Crippen LogP contribution in [-0.2, 0) is 4.79 Å². The van der Waals surface area contributed by atoms with E-state index in [0.717, 1.165) is 0 Å². The molecule has 0 unspecified atom stereocenters. The van der Waals surface area contributed by atoms with Crippen molar-refractivity contribution in [1.29, 1.82) is 0 Å². The number of alkyl halides is 3. The lowest BCUT2D eigenvalue weighted by Crippen LogP contribution is -2.23. The Bertz CT molecular complexity index is 168. The molecular formula is C7H11F3OS. The van der Waals surface area contributed by atoms with Crippen LogP contribution in [0.5, 0.6) is 0 Å². The third-order valence-corrected chi connectivity index (χ3v) is 1.94. The minimum absolute atomic E-state index is 0.281. The normalized spacial score (nSPS) is 13.2. The number of rotatable bonds is 2. The van der Waals surface area contributed by atoms with E-state index in [9.17, 15) is 18.0 Å². The molecule has 0 atom stereocenters. The molecule has 0 spiro atoms. The van der Waals surface area contributed by atoms with Crippen LogP contribution in [0.4, 0.5) is 13.2 Å². The van der Waals surface area contributed by atoms with Gasteiger partial charge in [0.15, 0.2) is 0 Å². The zero-order chi connectivity index (χ0) is 9.99. The van der Waals surface area contributed by atoms with Gasteiger partial charge in [0.1, 0.15) is 5.78 Å². The van der Waals surface area contributed by atoms with Crippen LogP contribution in [0.25, 0.3) is 0 Å². The Kier molecular flexibility index (Phi) is 3.62. The van der Waals surface area contributed by atoms with Gasteiger partial charge in [-0.1, -0.05) is 20.8 Å². The molecule has 0 N–H and O–H groups in total. The Morgan fingerprint density at radius 1 is 1.25 bits per heavy atom. The molecule has 0 aromatic rings. The van der Waals surface area contributed by atoms with Crippen LogP contribution in [0.2, 0.25) is 0 Å². The fourth-order valence-electron chi connectivity index (χ4n) is 0.364. The number of thioether (sulfide) groups is 1. The van der Waals surface area contributed by atoms with Gasteiger partial charge < -0.3 is 0 Å². The fourth-order valence-corrected chi connectivity index (χ4v) is 1.09. The summed E-state index contributed by atoms with van der Waals surface area (Å²) >= 11 is -0.281. The highest BCUT2D eigenvalue weighted by Crippen LogP contribution is 2.31. The maximum absolute atomic E-state index is 11.6. The average molecular weight is 200 g/mol. The molecule has 0 aromatic heterocycles. The number of hydrogen-bond acceptors (Lipinski definition) is 2. The zero-order valence-corrected chi connectivity index (χ0v) is 7.97. The SMILES string of the molecule is CC(C)(C)C(=O)CSC(F)(F)F. The predicted octanol–water partition coefficient (Wildman–Crippen LogP) is 2.85. The molecule has 5 heteroatoms. The summed E-state index contributed by atoms with van der Waals surface area (Å²) in [5.74, 6) is -0.877. The number of halogens is 3. The Morgan fingerprint density at radius 2 is 1.67 bits per heavy atom. The van der Waals surface area contributed by atoms with Crippen LogP contribution >= 0.6 is 11.8 Å². The standard InChI is InChI=1S/C7H11F3OS/c1-6(2,3)5(11)4-12-7(8,9)10/h4H2,1-3H3. The summed E-state index contributed by atoms with van der Waals surface area (Å²) in [7, 11) is 0. The lowest BCUT2D eigenvalue weighted by atomic mass is 9.92. The first-order valence-corrected chi connectivity index (χ1v) is 4.35. The van der Waals surface area contributed by atoms with E-state index in [0.29, 0.717) is 0 Å². The number of Topliss-reactive ketones (excluding diaryl/α,β-unsaturated/α-hetero) is 1. The summed E-state index contributed by atoms with van der Waals surface area (Å²) in [5.41, 5.74) is -4.99. The Labute approximate surface area is 73.7 Å². The number of hydrogen-bond donors (Lipinski definition) is 0. The maximum atomic E-state index is 11.6. The molecule has 0 aliphatic carbocycles. The van der Waals surface area contributed by atoms with E-state index in [4.69, 9.17) is 0 Å². The van der Waals surface area contributed by atoms with E-state index in [2.05, 4.69) is 0 Å². The second kappa shape index (κ2) is 3.68. The predicted molar refractivity (Wildman–Crippen MR) is 43.0 cm³/mol. The highest BCUT2D eigenvalue weighted by Gasteiger charge is 2.31. The first-order chi connectivity index (χ1) is 5.13. The molecule has 0 amide bonds. The molecule has 0 bridgehead atoms. The Morgan fingerprint density at radius 3 is 1.92 bits per heavy atom. The smallest absolute Gasteiger partial charge is 0.298 e. The molecule has 0 saturated heterocycles. The number of carbonyl (C=O) groups is 1. The fraction of sp³-hybridized carbons (Fsp3) is 0.857. The summed E-state index contributed by atoms with van der Waals surface area (Å²) < 4.78 is 34.8. The van der Waals surface area contributed by atoms with Gasteiger partial charge in [-0.15, -0.1) is 0 Å². The van der Waals surface area contributed by atoms with E-state index >= 15 is 0 Å². The van der Waals surface area contributed by atoms with Crippen LogP contribution in [0.1, 0.15) is 20.8 Å². The minimum Gasteiger partial charge on any atom is -0.298 e. The highest BCUT2D eigenvalue weighted by atomic mass is 32.2. The van der Waals surface area contributed by atoms with Gasteiger partial charge in [0, 0.05) is 5.41 Å². The maximum Gasteiger partial charge on any atom is 0.442 e. The summed E-state index contributed by atoms with van der Waals surface area (Å²) in [6, 6.07) is 0. The lowest BCUT2D eigenvalue weighted by molar-refractivity contribution is -0.123. The minimum atomic E-state index is -4.30. The second-order valence-corrected chi connectivity index (χ2v) is 4.45. The van der Waals surface area contributed by atoms with Crippen molar-refractivity contribution in [1.82, 2.24) is 0 Å². The molecule has 0 aromatic carbocycles. The third kappa shape index (κ3) is 5.46. The van der Waals surface area contributed by atoms with Crippen molar-refractivity contribution in [3.63, 3.8) is 0 Å². The van der Waals surface area contributed by atoms with Crippen LogP contribution in [0.15, 0.2) is 0 Å². The van der Waals surface area contributed by atoms with E-state index < -0.39 is 16.7 Å². The number of carbonyl (C=O) groups excluding carboxylic acids is 1. The largest absolute Gasteiger partial charge is 0.442 e. The molecular weight excluding hydrogens is 189 g/mol. The van der Waals surface area contributed by atoms with Gasteiger partial charge >= 0.3 is 5.51 Å². The Balaban J connectivity index is 3.90. The van der Waals surface area contributed by atoms with Gasteiger partial charge in [0.05, 0.1) is 5.75 Å². The van der Waals surface area contributed by atoms with Crippen LogP contribution in [0, 0.1) is 5.41 Å². The van der Waals surface area contributed by atoms with Crippen molar-refractivity contribution in [2.24, 2.45) is 5.41 Å². The van der Waals surface area contributed by atoms with Crippen LogP contribution in [0.3, 0.4) is 0 Å². The van der Waals surface area contributed by atoms with E-state index in [1.807, 2.05) is 0 Å². The monoisotopic (exact) mass is 200 g/mol. The highest BCUT2D eigenvalue weighted by molar-refractivity contribution is 8.00. The average Bonchev–Trinajstić information content (AvgIpc) is 1.78.